The molecule has 1 aliphatic heterocycles. The maximum atomic E-state index is 11.8. The lowest BCUT2D eigenvalue weighted by molar-refractivity contribution is -0.122. The summed E-state index contributed by atoms with van der Waals surface area (Å²) >= 11 is 0. The van der Waals surface area contributed by atoms with E-state index in [9.17, 15) is 14.4 Å². The van der Waals surface area contributed by atoms with Crippen LogP contribution in [0.3, 0.4) is 0 Å². The highest BCUT2D eigenvalue weighted by Crippen LogP contribution is 2.13. The summed E-state index contributed by atoms with van der Waals surface area (Å²) in [5, 5.41) is 7.42. The van der Waals surface area contributed by atoms with E-state index >= 15 is 0 Å². The fraction of sp³-hybridized carbons (Fsp3) is 0.400. The van der Waals surface area contributed by atoms with E-state index in [4.69, 9.17) is 0 Å². The van der Waals surface area contributed by atoms with Crippen molar-refractivity contribution >= 4 is 23.5 Å². The molecule has 0 radical (unpaired) electrons. The molecule has 1 aromatic rings. The van der Waals surface area contributed by atoms with Gasteiger partial charge in [-0.3, -0.25) is 14.9 Å². The zero-order chi connectivity index (χ0) is 16.1. The van der Waals surface area contributed by atoms with Gasteiger partial charge in [-0.05, 0) is 24.1 Å². The topological polar surface area (TPSA) is 90.5 Å². The first kappa shape index (κ1) is 15.8. The molecule has 1 aromatic carbocycles. The van der Waals surface area contributed by atoms with Gasteiger partial charge >= 0.3 is 6.03 Å². The maximum Gasteiger partial charge on any atom is 0.322 e. The van der Waals surface area contributed by atoms with Crippen LogP contribution in [0.25, 0.3) is 0 Å². The van der Waals surface area contributed by atoms with Crippen LogP contribution in [-0.4, -0.2) is 38.0 Å². The van der Waals surface area contributed by atoms with Crippen LogP contribution >= 0.6 is 0 Å². The fourth-order valence-corrected chi connectivity index (χ4v) is 2.17. The van der Waals surface area contributed by atoms with Crippen LogP contribution in [0.1, 0.15) is 18.4 Å². The molecule has 3 N–H and O–H groups in total. The molecule has 0 saturated carbocycles. The molecule has 0 bridgehead atoms. The van der Waals surface area contributed by atoms with Crippen molar-refractivity contribution in [1.82, 2.24) is 16.0 Å². The molecule has 4 amide bonds. The van der Waals surface area contributed by atoms with E-state index in [0.717, 1.165) is 11.3 Å². The second kappa shape index (κ2) is 6.93. The minimum Gasteiger partial charge on any atom is -0.378 e. The Labute approximate surface area is 129 Å². The Kier molecular flexibility index (Phi) is 4.98. The SMILES string of the molecule is CN(C)c1cccc(CNC(=O)CCC2NC(=O)NC2=O)c1. The van der Waals surface area contributed by atoms with Crippen LogP contribution in [0.15, 0.2) is 24.3 Å². The molecular weight excluding hydrogens is 284 g/mol. The monoisotopic (exact) mass is 304 g/mol. The predicted molar refractivity (Wildman–Crippen MR) is 82.3 cm³/mol. The average molecular weight is 304 g/mol. The van der Waals surface area contributed by atoms with E-state index in [1.54, 1.807) is 0 Å². The summed E-state index contributed by atoms with van der Waals surface area (Å²) in [4.78, 5) is 36.1. The lowest BCUT2D eigenvalue weighted by Gasteiger charge is -2.14. The number of nitrogens with zero attached hydrogens (tertiary/aromatic N) is 1. The first-order valence-electron chi connectivity index (χ1n) is 7.10. The summed E-state index contributed by atoms with van der Waals surface area (Å²) < 4.78 is 0. The highest BCUT2D eigenvalue weighted by atomic mass is 16.2. The minimum atomic E-state index is -0.615. The molecule has 22 heavy (non-hydrogen) atoms. The van der Waals surface area contributed by atoms with E-state index in [-0.39, 0.29) is 18.2 Å². The quantitative estimate of drug-likeness (QED) is 0.662. The van der Waals surface area contributed by atoms with Crippen LogP contribution in [0.5, 0.6) is 0 Å². The Morgan fingerprint density at radius 1 is 1.32 bits per heavy atom. The summed E-state index contributed by atoms with van der Waals surface area (Å²) in [7, 11) is 3.91. The van der Waals surface area contributed by atoms with Crippen LogP contribution in [0, 0.1) is 0 Å². The molecule has 0 spiro atoms. The summed E-state index contributed by atoms with van der Waals surface area (Å²) in [6.45, 7) is 0.434. The Morgan fingerprint density at radius 2 is 2.09 bits per heavy atom. The van der Waals surface area contributed by atoms with Gasteiger partial charge in [-0.15, -0.1) is 0 Å². The number of carbonyl (C=O) groups excluding carboxylic acids is 3. The smallest absolute Gasteiger partial charge is 0.322 e. The lowest BCUT2D eigenvalue weighted by Crippen LogP contribution is -2.31. The summed E-state index contributed by atoms with van der Waals surface area (Å²) in [5.41, 5.74) is 2.07. The Morgan fingerprint density at radius 3 is 2.73 bits per heavy atom. The zero-order valence-electron chi connectivity index (χ0n) is 12.7. The van der Waals surface area contributed by atoms with Crippen molar-refractivity contribution in [3.05, 3.63) is 29.8 Å². The molecule has 1 saturated heterocycles. The molecule has 7 nitrogen and oxygen atoms in total. The molecule has 1 atom stereocenters. The van der Waals surface area contributed by atoms with Crippen molar-refractivity contribution < 1.29 is 14.4 Å². The molecule has 0 aromatic heterocycles. The molecule has 1 unspecified atom stereocenters. The number of benzene rings is 1. The second-order valence-electron chi connectivity index (χ2n) is 5.40. The van der Waals surface area contributed by atoms with E-state index in [2.05, 4.69) is 16.0 Å². The van der Waals surface area contributed by atoms with E-state index in [1.165, 1.54) is 0 Å². The number of hydrogen-bond acceptors (Lipinski definition) is 4. The summed E-state index contributed by atoms with van der Waals surface area (Å²) in [6, 6.07) is 6.76. The molecule has 0 aliphatic carbocycles. The van der Waals surface area contributed by atoms with Crippen LogP contribution in [-0.2, 0) is 16.1 Å². The van der Waals surface area contributed by atoms with Gasteiger partial charge < -0.3 is 15.5 Å². The van der Waals surface area contributed by atoms with Crippen molar-refractivity contribution in [2.24, 2.45) is 0 Å². The van der Waals surface area contributed by atoms with Gasteiger partial charge in [0.25, 0.3) is 5.91 Å². The second-order valence-corrected chi connectivity index (χ2v) is 5.40. The van der Waals surface area contributed by atoms with Gasteiger partial charge in [-0.2, -0.15) is 0 Å². The number of rotatable bonds is 6. The van der Waals surface area contributed by atoms with E-state index in [1.807, 2.05) is 43.3 Å². The molecule has 1 fully saturated rings. The number of anilines is 1. The van der Waals surface area contributed by atoms with Crippen molar-refractivity contribution in [3.63, 3.8) is 0 Å². The number of nitrogens with one attached hydrogen (secondary N) is 3. The number of imide groups is 1. The van der Waals surface area contributed by atoms with Gasteiger partial charge in [0, 0.05) is 32.7 Å². The summed E-state index contributed by atoms with van der Waals surface area (Å²) in [5.74, 6) is -0.527. The van der Waals surface area contributed by atoms with Crippen molar-refractivity contribution in [2.75, 3.05) is 19.0 Å². The van der Waals surface area contributed by atoms with Gasteiger partial charge in [-0.1, -0.05) is 12.1 Å². The summed E-state index contributed by atoms with van der Waals surface area (Å²) in [6.07, 6.45) is 0.479. The number of carbonyl (C=O) groups is 3. The third-order valence-corrected chi connectivity index (χ3v) is 3.44. The van der Waals surface area contributed by atoms with E-state index < -0.39 is 12.1 Å². The third kappa shape index (κ3) is 4.21. The maximum absolute atomic E-state index is 11.8. The van der Waals surface area contributed by atoms with Crippen molar-refractivity contribution in [3.8, 4) is 0 Å². The average Bonchev–Trinajstić information content (AvgIpc) is 2.81. The zero-order valence-corrected chi connectivity index (χ0v) is 12.7. The highest BCUT2D eigenvalue weighted by Gasteiger charge is 2.29. The van der Waals surface area contributed by atoms with E-state index in [0.29, 0.717) is 13.0 Å². The molecule has 1 aliphatic rings. The van der Waals surface area contributed by atoms with Crippen molar-refractivity contribution in [2.45, 2.75) is 25.4 Å². The Balaban J connectivity index is 1.77. The molecule has 7 heteroatoms. The van der Waals surface area contributed by atoms with Gasteiger partial charge in [0.05, 0.1) is 0 Å². The van der Waals surface area contributed by atoms with Crippen molar-refractivity contribution in [1.29, 1.82) is 0 Å². The first-order chi connectivity index (χ1) is 10.5. The largest absolute Gasteiger partial charge is 0.378 e. The lowest BCUT2D eigenvalue weighted by atomic mass is 10.1. The fourth-order valence-electron chi connectivity index (χ4n) is 2.17. The van der Waals surface area contributed by atoms with Crippen LogP contribution in [0.2, 0.25) is 0 Å². The van der Waals surface area contributed by atoms with Crippen LogP contribution in [0.4, 0.5) is 10.5 Å². The predicted octanol–water partition coefficient (Wildman–Crippen LogP) is 0.357. The minimum absolute atomic E-state index is 0.149. The third-order valence-electron chi connectivity index (χ3n) is 3.44. The molecule has 118 valence electrons. The van der Waals surface area contributed by atoms with Crippen LogP contribution < -0.4 is 20.9 Å². The Hall–Kier alpha value is -2.57. The van der Waals surface area contributed by atoms with Gasteiger partial charge in [0.1, 0.15) is 6.04 Å². The highest BCUT2D eigenvalue weighted by molar-refractivity contribution is 6.04. The number of amides is 4. The number of hydrogen-bond donors (Lipinski definition) is 3. The standard InChI is InChI=1S/C15H20N4O3/c1-19(2)11-5-3-4-10(8-11)9-16-13(20)7-6-12-14(21)18-15(22)17-12/h3-5,8,12H,6-7,9H2,1-2H3,(H,16,20)(H2,17,18,21,22). The van der Waals surface area contributed by atoms with Gasteiger partial charge in [0.15, 0.2) is 0 Å². The van der Waals surface area contributed by atoms with Gasteiger partial charge in [0.2, 0.25) is 5.91 Å². The number of urea groups is 1. The molecule has 2 rings (SSSR count). The normalized spacial score (nSPS) is 16.9. The first-order valence-corrected chi connectivity index (χ1v) is 7.10. The molecule has 1 heterocycles. The van der Waals surface area contributed by atoms with Gasteiger partial charge in [-0.25, -0.2) is 4.79 Å². The Bertz CT molecular complexity index is 586. The molecular formula is C15H20N4O3.